The van der Waals surface area contributed by atoms with Gasteiger partial charge in [-0.2, -0.15) is 0 Å². The van der Waals surface area contributed by atoms with Gasteiger partial charge in [0, 0.05) is 5.70 Å². The maximum atomic E-state index is 5.75. The number of allylic oxidation sites excluding steroid dienone is 2. The molecule has 106 valence electrons. The third-order valence-electron chi connectivity index (χ3n) is 2.86. The topological polar surface area (TPSA) is 30.5 Å². The number of nitrogens with one attached hydrogen (secondary N) is 1. The highest BCUT2D eigenvalue weighted by Crippen LogP contribution is 2.15. The smallest absolute Gasteiger partial charge is 0.119 e. The summed E-state index contributed by atoms with van der Waals surface area (Å²) in [5.74, 6) is 0.936. The molecule has 0 spiro atoms. The summed E-state index contributed by atoms with van der Waals surface area (Å²) >= 11 is 0. The minimum atomic E-state index is 0.267. The molecule has 0 aromatic heterocycles. The van der Waals surface area contributed by atoms with Gasteiger partial charge >= 0.3 is 0 Å². The summed E-state index contributed by atoms with van der Waals surface area (Å²) in [5.41, 5.74) is 5.17. The first-order chi connectivity index (χ1) is 9.15. The molecule has 0 aliphatic rings. The molecule has 1 aromatic rings. The zero-order valence-electron chi connectivity index (χ0n) is 12.4. The Labute approximate surface area is 116 Å². The number of ether oxygens (including phenoxy) is 1. The van der Waals surface area contributed by atoms with Crippen molar-refractivity contribution in [3.8, 4) is 5.75 Å². The molecule has 0 bridgehead atoms. The van der Waals surface area contributed by atoms with E-state index in [0.717, 1.165) is 24.3 Å². The first-order valence-corrected chi connectivity index (χ1v) is 6.95. The van der Waals surface area contributed by atoms with Crippen LogP contribution in [0.2, 0.25) is 0 Å². The van der Waals surface area contributed by atoms with E-state index < -0.39 is 0 Å². The summed E-state index contributed by atoms with van der Waals surface area (Å²) < 4.78 is 5.75. The van der Waals surface area contributed by atoms with Crippen LogP contribution < -0.4 is 10.2 Å². The predicted octanol–water partition coefficient (Wildman–Crippen LogP) is 3.85. The van der Waals surface area contributed by atoms with Crippen molar-refractivity contribution in [3.05, 3.63) is 41.6 Å². The second kappa shape index (κ2) is 8.59. The van der Waals surface area contributed by atoms with E-state index in [4.69, 9.17) is 9.57 Å². The first-order valence-electron chi connectivity index (χ1n) is 6.95. The van der Waals surface area contributed by atoms with Crippen molar-refractivity contribution in [1.29, 1.82) is 0 Å². The Hall–Kier alpha value is -1.48. The summed E-state index contributed by atoms with van der Waals surface area (Å²) in [5, 5.41) is 0. The quantitative estimate of drug-likeness (QED) is 0.723. The van der Waals surface area contributed by atoms with Crippen LogP contribution in [0.1, 0.15) is 39.7 Å². The molecule has 0 radical (unpaired) electrons. The Morgan fingerprint density at radius 2 is 1.95 bits per heavy atom. The summed E-state index contributed by atoms with van der Waals surface area (Å²) in [7, 11) is 0. The number of hydroxylamine groups is 1. The van der Waals surface area contributed by atoms with Crippen LogP contribution >= 0.6 is 0 Å². The monoisotopic (exact) mass is 263 g/mol. The lowest BCUT2D eigenvalue weighted by Crippen LogP contribution is -2.11. The maximum absolute atomic E-state index is 5.75. The van der Waals surface area contributed by atoms with E-state index in [1.807, 2.05) is 26.0 Å². The molecule has 0 fully saturated rings. The van der Waals surface area contributed by atoms with Gasteiger partial charge in [-0.15, -0.1) is 0 Å². The molecule has 0 aliphatic carbocycles. The molecule has 1 atom stereocenters. The van der Waals surface area contributed by atoms with Gasteiger partial charge in [-0.25, -0.2) is 0 Å². The van der Waals surface area contributed by atoms with Crippen LogP contribution in [0.3, 0.4) is 0 Å². The zero-order chi connectivity index (χ0) is 14.1. The van der Waals surface area contributed by atoms with Crippen LogP contribution in [0.5, 0.6) is 5.75 Å². The van der Waals surface area contributed by atoms with Crippen LogP contribution in [-0.4, -0.2) is 12.7 Å². The molecule has 0 aliphatic heterocycles. The second-order valence-electron chi connectivity index (χ2n) is 4.61. The van der Waals surface area contributed by atoms with Crippen molar-refractivity contribution < 1.29 is 9.57 Å². The van der Waals surface area contributed by atoms with Crippen molar-refractivity contribution in [3.63, 3.8) is 0 Å². The molecule has 3 nitrogen and oxygen atoms in total. The number of rotatable bonds is 8. The van der Waals surface area contributed by atoms with Gasteiger partial charge in [-0.05, 0) is 51.3 Å². The lowest BCUT2D eigenvalue weighted by molar-refractivity contribution is 0.0735. The van der Waals surface area contributed by atoms with Gasteiger partial charge < -0.3 is 4.74 Å². The van der Waals surface area contributed by atoms with Gasteiger partial charge in [-0.1, -0.05) is 25.1 Å². The fraction of sp³-hybridized carbons (Fsp3) is 0.500. The third kappa shape index (κ3) is 6.30. The summed E-state index contributed by atoms with van der Waals surface area (Å²) in [4.78, 5) is 5.12. The van der Waals surface area contributed by atoms with Gasteiger partial charge in [0.15, 0.2) is 0 Å². The second-order valence-corrected chi connectivity index (χ2v) is 4.61. The molecule has 1 aromatic carbocycles. The Balaban J connectivity index is 2.48. The van der Waals surface area contributed by atoms with Crippen LogP contribution in [0, 0.1) is 0 Å². The fourth-order valence-electron chi connectivity index (χ4n) is 1.52. The van der Waals surface area contributed by atoms with Crippen LogP contribution in [0.25, 0.3) is 0 Å². The molecular weight excluding hydrogens is 238 g/mol. The van der Waals surface area contributed by atoms with Gasteiger partial charge in [-0.3, -0.25) is 10.3 Å². The van der Waals surface area contributed by atoms with Crippen molar-refractivity contribution in [2.45, 2.75) is 46.6 Å². The van der Waals surface area contributed by atoms with Gasteiger partial charge in [0.1, 0.15) is 5.75 Å². The molecular formula is C16H25NO2. The summed E-state index contributed by atoms with van der Waals surface area (Å²) in [6, 6.07) is 8.26. The number of hydrogen-bond acceptors (Lipinski definition) is 3. The van der Waals surface area contributed by atoms with Gasteiger partial charge in [0.25, 0.3) is 0 Å². The number of benzene rings is 1. The van der Waals surface area contributed by atoms with E-state index in [1.54, 1.807) is 0 Å². The minimum absolute atomic E-state index is 0.267. The standard InChI is InChI=1S/C16H25NO2/c1-5-14(4)19-16-11-9-15(10-12-16)8-7-13(3)17-18-6-2/h7,9-12,14,17H,5-6,8H2,1-4H3. The normalized spacial score (nSPS) is 13.2. The molecule has 0 saturated carbocycles. The molecule has 1 N–H and O–H groups in total. The summed E-state index contributed by atoms with van der Waals surface area (Å²) in [6.07, 6.45) is 4.28. The predicted molar refractivity (Wildman–Crippen MR) is 79.0 cm³/mol. The molecule has 1 unspecified atom stereocenters. The number of hydrogen-bond donors (Lipinski definition) is 1. The lowest BCUT2D eigenvalue weighted by Gasteiger charge is -2.12. The van der Waals surface area contributed by atoms with E-state index in [-0.39, 0.29) is 6.10 Å². The summed E-state index contributed by atoms with van der Waals surface area (Å²) in [6.45, 7) is 8.82. The molecule has 0 saturated heterocycles. The highest BCUT2D eigenvalue weighted by atomic mass is 16.6. The maximum Gasteiger partial charge on any atom is 0.119 e. The molecule has 3 heteroatoms. The Morgan fingerprint density at radius 3 is 2.53 bits per heavy atom. The van der Waals surface area contributed by atoms with Crippen LogP contribution in [0.15, 0.2) is 36.0 Å². The van der Waals surface area contributed by atoms with Gasteiger partial charge in [0.2, 0.25) is 0 Å². The van der Waals surface area contributed by atoms with Crippen molar-refractivity contribution in [2.75, 3.05) is 6.61 Å². The Bertz CT molecular complexity index is 384. The SMILES string of the molecule is CCONC(C)=CCc1ccc(OC(C)CC)cc1. The van der Waals surface area contributed by atoms with Gasteiger partial charge in [0.05, 0.1) is 12.7 Å². The van der Waals surface area contributed by atoms with Crippen molar-refractivity contribution in [1.82, 2.24) is 5.48 Å². The highest BCUT2D eigenvalue weighted by molar-refractivity contribution is 5.28. The molecule has 0 heterocycles. The fourth-order valence-corrected chi connectivity index (χ4v) is 1.52. The van der Waals surface area contributed by atoms with E-state index in [0.29, 0.717) is 6.61 Å². The van der Waals surface area contributed by atoms with Crippen molar-refractivity contribution >= 4 is 0 Å². The van der Waals surface area contributed by atoms with Crippen LogP contribution in [0.4, 0.5) is 0 Å². The Kier molecular flexibility index (Phi) is 7.04. The largest absolute Gasteiger partial charge is 0.491 e. The molecule has 19 heavy (non-hydrogen) atoms. The molecule has 1 rings (SSSR count). The highest BCUT2D eigenvalue weighted by Gasteiger charge is 2.00. The average molecular weight is 263 g/mol. The average Bonchev–Trinajstić information content (AvgIpc) is 2.44. The zero-order valence-corrected chi connectivity index (χ0v) is 12.4. The molecule has 0 amide bonds. The lowest BCUT2D eigenvalue weighted by atomic mass is 10.1. The van der Waals surface area contributed by atoms with E-state index in [1.165, 1.54) is 5.56 Å². The van der Waals surface area contributed by atoms with Crippen LogP contribution in [-0.2, 0) is 11.3 Å². The Morgan fingerprint density at radius 1 is 1.26 bits per heavy atom. The van der Waals surface area contributed by atoms with E-state index in [9.17, 15) is 0 Å². The first kappa shape index (κ1) is 15.6. The minimum Gasteiger partial charge on any atom is -0.491 e. The van der Waals surface area contributed by atoms with E-state index >= 15 is 0 Å². The van der Waals surface area contributed by atoms with E-state index in [2.05, 4.69) is 37.5 Å². The third-order valence-corrected chi connectivity index (χ3v) is 2.86. The van der Waals surface area contributed by atoms with Crippen molar-refractivity contribution in [2.24, 2.45) is 0 Å².